The molecule has 0 aromatic carbocycles. The van der Waals surface area contributed by atoms with Crippen LogP contribution in [0.3, 0.4) is 0 Å². The molecule has 0 N–H and O–H groups in total. The quantitative estimate of drug-likeness (QED) is 0.400. The summed E-state index contributed by atoms with van der Waals surface area (Å²) in [6.07, 6.45) is 2.48. The molecule has 1 rings (SSSR count). The van der Waals surface area contributed by atoms with Crippen molar-refractivity contribution < 1.29 is 9.15 Å². The Morgan fingerprint density at radius 3 is 1.93 bits per heavy atom. The summed E-state index contributed by atoms with van der Waals surface area (Å²) in [5.74, 6) is 0.767. The van der Waals surface area contributed by atoms with Gasteiger partial charge in [-0.2, -0.15) is 0 Å². The molecule has 0 atom stereocenters. The summed E-state index contributed by atoms with van der Waals surface area (Å²) >= 11 is 0. The third-order valence-electron chi connectivity index (χ3n) is 2.73. The molecule has 0 bridgehead atoms. The van der Waals surface area contributed by atoms with Crippen LogP contribution in [0.1, 0.15) is 54.4 Å². The molecule has 0 aliphatic carbocycles. The summed E-state index contributed by atoms with van der Waals surface area (Å²) in [5, 5.41) is 0.276. The SMILES string of the molecule is CC(C)CC(C)(C)CC(C)(C)[SiH]1OO1. The first-order chi connectivity index (χ1) is 6.23. The van der Waals surface area contributed by atoms with Gasteiger partial charge < -0.3 is 0 Å². The fraction of sp³-hybridized carbons (Fsp3) is 1.00. The second-order valence-electron chi connectivity index (χ2n) is 6.45. The van der Waals surface area contributed by atoms with Crippen LogP contribution in [0.4, 0.5) is 0 Å². The smallest absolute Gasteiger partial charge is 0.260 e. The van der Waals surface area contributed by atoms with Gasteiger partial charge in [0.1, 0.15) is 0 Å². The van der Waals surface area contributed by atoms with Crippen LogP contribution >= 0.6 is 0 Å². The summed E-state index contributed by atoms with van der Waals surface area (Å²) in [6.45, 7) is 13.8. The van der Waals surface area contributed by atoms with Gasteiger partial charge >= 0.3 is 9.28 Å². The number of hydrogen-bond acceptors (Lipinski definition) is 2. The molecule has 1 heterocycles. The Kier molecular flexibility index (Phi) is 3.44. The second kappa shape index (κ2) is 3.95. The van der Waals surface area contributed by atoms with Gasteiger partial charge in [0.05, 0.1) is 0 Å². The summed E-state index contributed by atoms with van der Waals surface area (Å²) in [4.78, 5) is 0. The highest BCUT2D eigenvalue weighted by atomic mass is 28.3. The Bertz CT molecular complexity index is 195. The molecule has 0 aromatic rings. The minimum absolute atomic E-state index is 0.276. The molecule has 1 saturated heterocycles. The maximum atomic E-state index is 5.06. The van der Waals surface area contributed by atoms with Crippen LogP contribution in [-0.4, -0.2) is 9.28 Å². The van der Waals surface area contributed by atoms with Crippen molar-refractivity contribution in [2.24, 2.45) is 11.3 Å². The van der Waals surface area contributed by atoms with E-state index < -0.39 is 9.28 Å². The normalized spacial score (nSPS) is 19.1. The highest BCUT2D eigenvalue weighted by Crippen LogP contribution is 2.48. The number of rotatable bonds is 5. The lowest BCUT2D eigenvalue weighted by Gasteiger charge is -2.33. The van der Waals surface area contributed by atoms with Crippen LogP contribution in [0.15, 0.2) is 0 Å². The maximum Gasteiger partial charge on any atom is 0.398 e. The third-order valence-corrected chi connectivity index (χ3v) is 4.59. The monoisotopic (exact) mass is 216 g/mol. The van der Waals surface area contributed by atoms with Gasteiger partial charge in [-0.1, -0.05) is 41.5 Å². The van der Waals surface area contributed by atoms with E-state index in [4.69, 9.17) is 9.15 Å². The topological polar surface area (TPSA) is 25.1 Å². The Labute approximate surface area is 89.8 Å². The van der Waals surface area contributed by atoms with Gasteiger partial charge in [-0.3, -0.25) is 9.15 Å². The maximum absolute atomic E-state index is 5.06. The zero-order valence-electron chi connectivity index (χ0n) is 10.4. The molecule has 1 aliphatic rings. The first-order valence-electron chi connectivity index (χ1n) is 5.55. The predicted molar refractivity (Wildman–Crippen MR) is 61.2 cm³/mol. The summed E-state index contributed by atoms with van der Waals surface area (Å²) < 4.78 is 10.1. The third kappa shape index (κ3) is 3.71. The molecular weight excluding hydrogens is 192 g/mol. The molecule has 14 heavy (non-hydrogen) atoms. The van der Waals surface area contributed by atoms with E-state index in [2.05, 4.69) is 41.5 Å². The van der Waals surface area contributed by atoms with Gasteiger partial charge in [0.15, 0.2) is 0 Å². The van der Waals surface area contributed by atoms with E-state index in [9.17, 15) is 0 Å². The zero-order valence-corrected chi connectivity index (χ0v) is 11.5. The van der Waals surface area contributed by atoms with E-state index in [1.54, 1.807) is 0 Å². The average molecular weight is 216 g/mol. The Balaban J connectivity index is 2.47. The fourth-order valence-corrected chi connectivity index (χ4v) is 4.24. The molecule has 2 nitrogen and oxygen atoms in total. The Hall–Kier alpha value is 0.137. The Morgan fingerprint density at radius 2 is 1.57 bits per heavy atom. The highest BCUT2D eigenvalue weighted by Gasteiger charge is 2.48. The highest BCUT2D eigenvalue weighted by molar-refractivity contribution is 6.53. The molecule has 84 valence electrons. The van der Waals surface area contributed by atoms with Gasteiger partial charge in [0, 0.05) is 5.04 Å². The van der Waals surface area contributed by atoms with Crippen molar-refractivity contribution in [2.75, 3.05) is 0 Å². The fourth-order valence-electron chi connectivity index (χ4n) is 2.78. The van der Waals surface area contributed by atoms with Crippen LogP contribution in [0.5, 0.6) is 0 Å². The van der Waals surface area contributed by atoms with E-state index in [0.29, 0.717) is 5.41 Å². The standard InChI is InChI=1S/C11H24O2Si/c1-9(2)7-10(3,4)8-11(5,6)14-12-13-14/h9,14H,7-8H2,1-6H3. The Morgan fingerprint density at radius 1 is 1.07 bits per heavy atom. The molecule has 0 spiro atoms. The van der Waals surface area contributed by atoms with E-state index in [-0.39, 0.29) is 5.04 Å². The predicted octanol–water partition coefficient (Wildman–Crippen LogP) is 3.41. The van der Waals surface area contributed by atoms with Crippen molar-refractivity contribution >= 4 is 9.28 Å². The molecule has 1 fully saturated rings. The summed E-state index contributed by atoms with van der Waals surface area (Å²) in [7, 11) is -1.27. The van der Waals surface area contributed by atoms with Gasteiger partial charge in [0.25, 0.3) is 0 Å². The second-order valence-corrected chi connectivity index (χ2v) is 9.06. The van der Waals surface area contributed by atoms with Crippen molar-refractivity contribution in [1.82, 2.24) is 0 Å². The van der Waals surface area contributed by atoms with Crippen LogP contribution in [-0.2, 0) is 9.15 Å². The molecule has 3 heteroatoms. The molecular formula is C11H24O2Si. The zero-order chi connectivity index (χ0) is 11.0. The van der Waals surface area contributed by atoms with E-state index in [1.807, 2.05) is 0 Å². The van der Waals surface area contributed by atoms with Crippen LogP contribution < -0.4 is 0 Å². The molecule has 0 unspecified atom stereocenters. The lowest BCUT2D eigenvalue weighted by atomic mass is 9.77. The summed E-state index contributed by atoms with van der Waals surface area (Å²) in [5.41, 5.74) is 0.403. The minimum atomic E-state index is -1.27. The van der Waals surface area contributed by atoms with Crippen LogP contribution in [0, 0.1) is 11.3 Å². The van der Waals surface area contributed by atoms with Gasteiger partial charge in [0.2, 0.25) is 0 Å². The largest absolute Gasteiger partial charge is 0.398 e. The lowest BCUT2D eigenvalue weighted by Crippen LogP contribution is -2.25. The van der Waals surface area contributed by atoms with Crippen LogP contribution in [0.2, 0.25) is 5.04 Å². The molecule has 0 radical (unpaired) electrons. The summed E-state index contributed by atoms with van der Waals surface area (Å²) in [6, 6.07) is 0. The van der Waals surface area contributed by atoms with E-state index >= 15 is 0 Å². The number of hydrogen-bond donors (Lipinski definition) is 0. The molecule has 0 amide bonds. The molecule has 1 aliphatic heterocycles. The average Bonchev–Trinajstić information content (AvgIpc) is 2.57. The molecule has 0 aromatic heterocycles. The van der Waals surface area contributed by atoms with Crippen LogP contribution in [0.25, 0.3) is 0 Å². The van der Waals surface area contributed by atoms with Crippen molar-refractivity contribution in [3.63, 3.8) is 0 Å². The van der Waals surface area contributed by atoms with Gasteiger partial charge in [-0.05, 0) is 24.2 Å². The van der Waals surface area contributed by atoms with E-state index in [1.165, 1.54) is 12.8 Å². The van der Waals surface area contributed by atoms with E-state index in [0.717, 1.165) is 5.92 Å². The van der Waals surface area contributed by atoms with Crippen molar-refractivity contribution in [1.29, 1.82) is 0 Å². The minimum Gasteiger partial charge on any atom is -0.260 e. The van der Waals surface area contributed by atoms with Crippen molar-refractivity contribution in [3.05, 3.63) is 0 Å². The first-order valence-corrected chi connectivity index (χ1v) is 7.07. The first kappa shape index (κ1) is 12.2. The van der Waals surface area contributed by atoms with Crippen molar-refractivity contribution in [3.8, 4) is 0 Å². The van der Waals surface area contributed by atoms with Crippen molar-refractivity contribution in [2.45, 2.75) is 59.4 Å². The van der Waals surface area contributed by atoms with Gasteiger partial charge in [-0.15, -0.1) is 0 Å². The lowest BCUT2D eigenvalue weighted by molar-refractivity contribution is 0.0850. The van der Waals surface area contributed by atoms with Gasteiger partial charge in [-0.25, -0.2) is 0 Å². The molecule has 0 saturated carbocycles.